The van der Waals surface area contributed by atoms with Gasteiger partial charge in [-0.3, -0.25) is 4.79 Å². The second-order valence-corrected chi connectivity index (χ2v) is 5.08. The predicted molar refractivity (Wildman–Crippen MR) is 77.0 cm³/mol. The number of hydrogen-bond donors (Lipinski definition) is 1. The lowest BCUT2D eigenvalue weighted by Gasteiger charge is -2.27. The van der Waals surface area contributed by atoms with Gasteiger partial charge in [-0.1, -0.05) is 6.92 Å². The average Bonchev–Trinajstić information content (AvgIpc) is 2.47. The highest BCUT2D eigenvalue weighted by molar-refractivity contribution is 5.92. The number of aryl methyl sites for hydroxylation is 1. The van der Waals surface area contributed by atoms with Crippen molar-refractivity contribution in [1.29, 1.82) is 0 Å². The van der Waals surface area contributed by atoms with Crippen molar-refractivity contribution in [3.63, 3.8) is 0 Å². The molecule has 1 amide bonds. The Bertz CT molecular complexity index is 472. The number of hydrogen-bond acceptors (Lipinski definition) is 5. The zero-order chi connectivity index (χ0) is 14.5. The molecule has 110 valence electrons. The molecule has 1 fully saturated rings. The molecule has 20 heavy (non-hydrogen) atoms. The quantitative estimate of drug-likeness (QED) is 0.895. The van der Waals surface area contributed by atoms with Crippen molar-refractivity contribution in [2.75, 3.05) is 31.2 Å². The molecule has 0 saturated carbocycles. The molecule has 2 rings (SSSR count). The second-order valence-electron chi connectivity index (χ2n) is 5.08. The van der Waals surface area contributed by atoms with E-state index in [-0.39, 0.29) is 11.9 Å². The third kappa shape index (κ3) is 3.66. The molecule has 0 unspecified atom stereocenters. The highest BCUT2D eigenvalue weighted by Gasteiger charge is 2.17. The molecule has 0 spiro atoms. The molecule has 1 atom stereocenters. The normalized spacial score (nSPS) is 16.9. The SMILES string of the molecule is CC[C@H](C)NC(=O)c1cc(C)nc(N2CCOCC2)n1. The molecule has 0 bridgehead atoms. The number of aromatic nitrogens is 2. The summed E-state index contributed by atoms with van der Waals surface area (Å²) < 4.78 is 5.32. The summed E-state index contributed by atoms with van der Waals surface area (Å²) in [6.45, 7) is 8.76. The fraction of sp³-hybridized carbons (Fsp3) is 0.643. The van der Waals surface area contributed by atoms with Crippen LogP contribution in [-0.2, 0) is 4.74 Å². The van der Waals surface area contributed by atoms with Crippen LogP contribution in [0.5, 0.6) is 0 Å². The molecule has 1 saturated heterocycles. The van der Waals surface area contributed by atoms with E-state index in [9.17, 15) is 4.79 Å². The number of nitrogens with one attached hydrogen (secondary N) is 1. The number of rotatable bonds is 4. The van der Waals surface area contributed by atoms with E-state index in [2.05, 4.69) is 20.2 Å². The molecular weight excluding hydrogens is 256 g/mol. The zero-order valence-corrected chi connectivity index (χ0v) is 12.3. The molecule has 1 aromatic rings. The Kier molecular flexibility index (Phi) is 4.89. The average molecular weight is 278 g/mol. The highest BCUT2D eigenvalue weighted by atomic mass is 16.5. The van der Waals surface area contributed by atoms with Gasteiger partial charge in [0.1, 0.15) is 5.69 Å². The van der Waals surface area contributed by atoms with Gasteiger partial charge in [0.15, 0.2) is 0 Å². The summed E-state index contributed by atoms with van der Waals surface area (Å²) in [5.74, 6) is 0.474. The van der Waals surface area contributed by atoms with E-state index in [1.807, 2.05) is 20.8 Å². The van der Waals surface area contributed by atoms with E-state index < -0.39 is 0 Å². The first kappa shape index (κ1) is 14.7. The van der Waals surface area contributed by atoms with Crippen LogP contribution in [0.4, 0.5) is 5.95 Å². The molecule has 2 heterocycles. The molecule has 6 nitrogen and oxygen atoms in total. The maximum Gasteiger partial charge on any atom is 0.270 e. The predicted octanol–water partition coefficient (Wildman–Crippen LogP) is 1.15. The van der Waals surface area contributed by atoms with Crippen LogP contribution in [0.1, 0.15) is 36.5 Å². The summed E-state index contributed by atoms with van der Waals surface area (Å²) in [4.78, 5) is 23.0. The van der Waals surface area contributed by atoms with Crippen LogP contribution in [0.25, 0.3) is 0 Å². The number of nitrogens with zero attached hydrogens (tertiary/aromatic N) is 3. The Morgan fingerprint density at radius 1 is 1.45 bits per heavy atom. The number of morpholine rings is 1. The fourth-order valence-corrected chi connectivity index (χ4v) is 1.97. The number of carbonyl (C=O) groups excluding carboxylic acids is 1. The van der Waals surface area contributed by atoms with Gasteiger partial charge >= 0.3 is 0 Å². The smallest absolute Gasteiger partial charge is 0.270 e. The summed E-state index contributed by atoms with van der Waals surface area (Å²) in [5, 5.41) is 2.93. The Morgan fingerprint density at radius 3 is 2.80 bits per heavy atom. The van der Waals surface area contributed by atoms with Crippen molar-refractivity contribution in [2.45, 2.75) is 33.2 Å². The lowest BCUT2D eigenvalue weighted by molar-refractivity contribution is 0.0934. The van der Waals surface area contributed by atoms with Crippen molar-refractivity contribution >= 4 is 11.9 Å². The molecule has 1 aliphatic rings. The molecule has 0 radical (unpaired) electrons. The van der Waals surface area contributed by atoms with E-state index in [0.717, 1.165) is 25.2 Å². The van der Waals surface area contributed by atoms with Gasteiger partial charge < -0.3 is 15.0 Å². The monoisotopic (exact) mass is 278 g/mol. The first-order chi connectivity index (χ1) is 9.60. The van der Waals surface area contributed by atoms with Crippen LogP contribution in [0.2, 0.25) is 0 Å². The first-order valence-corrected chi connectivity index (χ1v) is 7.09. The minimum atomic E-state index is -0.139. The van der Waals surface area contributed by atoms with E-state index in [4.69, 9.17) is 4.74 Å². The van der Waals surface area contributed by atoms with Gasteiger partial charge in [-0.25, -0.2) is 9.97 Å². The molecule has 1 N–H and O–H groups in total. The van der Waals surface area contributed by atoms with E-state index >= 15 is 0 Å². The van der Waals surface area contributed by atoms with E-state index in [1.165, 1.54) is 0 Å². The van der Waals surface area contributed by atoms with Gasteiger partial charge in [-0.2, -0.15) is 0 Å². The van der Waals surface area contributed by atoms with Gasteiger partial charge in [0.25, 0.3) is 5.91 Å². The third-order valence-corrected chi connectivity index (χ3v) is 3.36. The van der Waals surface area contributed by atoms with Crippen LogP contribution >= 0.6 is 0 Å². The first-order valence-electron chi connectivity index (χ1n) is 7.09. The Morgan fingerprint density at radius 2 is 2.15 bits per heavy atom. The van der Waals surface area contributed by atoms with Gasteiger partial charge in [-0.05, 0) is 26.3 Å². The van der Waals surface area contributed by atoms with Crippen LogP contribution in [0, 0.1) is 6.92 Å². The molecular formula is C14H22N4O2. The summed E-state index contributed by atoms with van der Waals surface area (Å²) in [6.07, 6.45) is 0.895. The van der Waals surface area contributed by atoms with Crippen LogP contribution in [0.15, 0.2) is 6.07 Å². The second kappa shape index (κ2) is 6.65. The van der Waals surface area contributed by atoms with Crippen molar-refractivity contribution in [1.82, 2.24) is 15.3 Å². The molecule has 1 aromatic heterocycles. The van der Waals surface area contributed by atoms with Crippen LogP contribution in [-0.4, -0.2) is 48.2 Å². The topological polar surface area (TPSA) is 67.4 Å². The Balaban J connectivity index is 2.17. The minimum Gasteiger partial charge on any atom is -0.378 e. The van der Waals surface area contributed by atoms with Crippen molar-refractivity contribution in [2.24, 2.45) is 0 Å². The van der Waals surface area contributed by atoms with Gasteiger partial charge in [0.2, 0.25) is 5.95 Å². The fourth-order valence-electron chi connectivity index (χ4n) is 1.97. The maximum atomic E-state index is 12.2. The molecule has 1 aliphatic heterocycles. The largest absolute Gasteiger partial charge is 0.378 e. The highest BCUT2D eigenvalue weighted by Crippen LogP contribution is 2.12. The van der Waals surface area contributed by atoms with E-state index in [0.29, 0.717) is 24.9 Å². The lowest BCUT2D eigenvalue weighted by Crippen LogP contribution is -2.38. The number of carbonyl (C=O) groups is 1. The molecule has 0 aliphatic carbocycles. The Labute approximate surface area is 119 Å². The van der Waals surface area contributed by atoms with Crippen molar-refractivity contribution in [3.05, 3.63) is 17.5 Å². The van der Waals surface area contributed by atoms with Gasteiger partial charge in [0, 0.05) is 24.8 Å². The maximum absolute atomic E-state index is 12.2. The number of amides is 1. The van der Waals surface area contributed by atoms with Crippen LogP contribution < -0.4 is 10.2 Å². The third-order valence-electron chi connectivity index (χ3n) is 3.36. The lowest BCUT2D eigenvalue weighted by atomic mass is 10.2. The summed E-state index contributed by atoms with van der Waals surface area (Å²) in [7, 11) is 0. The van der Waals surface area contributed by atoms with Crippen molar-refractivity contribution < 1.29 is 9.53 Å². The minimum absolute atomic E-state index is 0.139. The van der Waals surface area contributed by atoms with E-state index in [1.54, 1.807) is 6.07 Å². The Hall–Kier alpha value is -1.69. The van der Waals surface area contributed by atoms with Gasteiger partial charge in [-0.15, -0.1) is 0 Å². The van der Waals surface area contributed by atoms with Crippen molar-refractivity contribution in [3.8, 4) is 0 Å². The van der Waals surface area contributed by atoms with Crippen LogP contribution in [0.3, 0.4) is 0 Å². The summed E-state index contributed by atoms with van der Waals surface area (Å²) in [5.41, 5.74) is 1.23. The summed E-state index contributed by atoms with van der Waals surface area (Å²) >= 11 is 0. The number of ether oxygens (including phenoxy) is 1. The molecule has 6 heteroatoms. The number of anilines is 1. The van der Waals surface area contributed by atoms with Gasteiger partial charge in [0.05, 0.1) is 13.2 Å². The summed E-state index contributed by atoms with van der Waals surface area (Å²) in [6, 6.07) is 1.87. The standard InChI is InChI=1S/C14H22N4O2/c1-4-10(2)15-13(19)12-9-11(3)16-14(17-12)18-5-7-20-8-6-18/h9-10H,4-8H2,1-3H3,(H,15,19)/t10-/m0/s1. The molecule has 0 aromatic carbocycles. The zero-order valence-electron chi connectivity index (χ0n) is 12.3.